The van der Waals surface area contributed by atoms with E-state index in [-0.39, 0.29) is 29.4 Å². The van der Waals surface area contributed by atoms with Crippen molar-refractivity contribution in [2.75, 3.05) is 26.2 Å². The summed E-state index contributed by atoms with van der Waals surface area (Å²) in [6.45, 7) is 2.20. The molecule has 1 N–H and O–H groups in total. The molecule has 3 aromatic rings. The minimum Gasteiger partial charge on any atom is -0.377 e. The summed E-state index contributed by atoms with van der Waals surface area (Å²) in [5.74, 6) is 1.08. The number of nitrogens with one attached hydrogen (secondary N) is 1. The third-order valence-corrected chi connectivity index (χ3v) is 7.98. The van der Waals surface area contributed by atoms with Gasteiger partial charge in [0.25, 0.3) is 5.91 Å². The highest BCUT2D eigenvalue weighted by Crippen LogP contribution is 2.29. The second kappa shape index (κ2) is 10.3. The molecule has 1 amide bonds. The summed E-state index contributed by atoms with van der Waals surface area (Å²) in [6, 6.07) is 15.7. The van der Waals surface area contributed by atoms with Crippen LogP contribution in [0.1, 0.15) is 47.8 Å². The second-order valence-electron chi connectivity index (χ2n) is 8.90. The number of amides is 1. The summed E-state index contributed by atoms with van der Waals surface area (Å²) in [5, 5.41) is 4.10. The fourth-order valence-electron chi connectivity index (χ4n) is 4.49. The molecule has 0 aliphatic carbocycles. The van der Waals surface area contributed by atoms with Crippen molar-refractivity contribution >= 4 is 15.9 Å². The zero-order valence-electron chi connectivity index (χ0n) is 19.3. The minimum absolute atomic E-state index is 0.0376. The van der Waals surface area contributed by atoms with E-state index in [2.05, 4.69) is 14.9 Å². The van der Waals surface area contributed by atoms with Gasteiger partial charge in [0.05, 0.1) is 11.0 Å². The van der Waals surface area contributed by atoms with E-state index >= 15 is 0 Å². The Bertz CT molecular complexity index is 1250. The lowest BCUT2D eigenvalue weighted by Gasteiger charge is -2.30. The van der Waals surface area contributed by atoms with Gasteiger partial charge >= 0.3 is 0 Å². The van der Waals surface area contributed by atoms with Gasteiger partial charge in [-0.15, -0.1) is 0 Å². The maximum atomic E-state index is 12.7. The Balaban J connectivity index is 1.18. The second-order valence-corrected chi connectivity index (χ2v) is 10.7. The number of rotatable bonds is 7. The molecule has 5 rings (SSSR count). The number of ether oxygens (including phenoxy) is 1. The zero-order valence-corrected chi connectivity index (χ0v) is 20.1. The molecule has 2 aromatic carbocycles. The summed E-state index contributed by atoms with van der Waals surface area (Å²) >= 11 is 0. The molecule has 1 aromatic heterocycles. The molecule has 2 fully saturated rings. The number of likely N-dealkylation sites (tertiary alicyclic amines) is 1. The van der Waals surface area contributed by atoms with Gasteiger partial charge in [-0.25, -0.2) is 13.1 Å². The topological polar surface area (TPSA) is 115 Å². The van der Waals surface area contributed by atoms with E-state index in [1.165, 1.54) is 12.1 Å². The predicted octanol–water partition coefficient (Wildman–Crippen LogP) is 3.21. The van der Waals surface area contributed by atoms with Crippen molar-refractivity contribution < 1.29 is 22.5 Å². The van der Waals surface area contributed by atoms with Crippen LogP contribution in [0.5, 0.6) is 0 Å². The molecule has 0 saturated carbocycles. The standard InChI is InChI=1S/C25H28N4O5S/c30-25(20-5-2-1-3-6-20)29-14-12-19(13-15-29)24-27-23(28-34-24)18-8-10-22(11-9-18)35(31,32)26-17-21-7-4-16-33-21/h1-3,5-6,8-11,19,21,26H,4,7,12-17H2/t21-/m0/s1. The van der Waals surface area contributed by atoms with Crippen molar-refractivity contribution in [3.8, 4) is 11.4 Å². The predicted molar refractivity (Wildman–Crippen MR) is 128 cm³/mol. The number of benzene rings is 2. The van der Waals surface area contributed by atoms with Crippen LogP contribution in [0.3, 0.4) is 0 Å². The maximum Gasteiger partial charge on any atom is 0.253 e. The number of piperidine rings is 1. The monoisotopic (exact) mass is 496 g/mol. The Kier molecular flexibility index (Phi) is 6.94. The molecule has 35 heavy (non-hydrogen) atoms. The first kappa shape index (κ1) is 23.7. The van der Waals surface area contributed by atoms with Crippen LogP contribution < -0.4 is 4.72 Å². The Hall–Kier alpha value is -3.08. The van der Waals surface area contributed by atoms with Crippen molar-refractivity contribution in [1.82, 2.24) is 19.8 Å². The van der Waals surface area contributed by atoms with Gasteiger partial charge in [0.15, 0.2) is 0 Å². The number of carbonyl (C=O) groups excluding carboxylic acids is 1. The van der Waals surface area contributed by atoms with E-state index in [1.807, 2.05) is 35.2 Å². The Morgan fingerprint density at radius 2 is 1.77 bits per heavy atom. The van der Waals surface area contributed by atoms with E-state index in [0.29, 0.717) is 42.5 Å². The largest absolute Gasteiger partial charge is 0.377 e. The molecule has 0 radical (unpaired) electrons. The van der Waals surface area contributed by atoms with E-state index in [9.17, 15) is 13.2 Å². The van der Waals surface area contributed by atoms with Gasteiger partial charge in [-0.3, -0.25) is 4.79 Å². The molecular weight excluding hydrogens is 468 g/mol. The van der Waals surface area contributed by atoms with Gasteiger partial charge in [-0.05, 0) is 62.1 Å². The SMILES string of the molecule is O=C(c1ccccc1)N1CCC(c2nc(-c3ccc(S(=O)(=O)NC[C@@H]4CCCO4)cc3)no2)CC1. The highest BCUT2D eigenvalue weighted by molar-refractivity contribution is 7.89. The average Bonchev–Trinajstić information content (AvgIpc) is 3.61. The molecule has 3 heterocycles. The van der Waals surface area contributed by atoms with Gasteiger partial charge in [0.2, 0.25) is 21.7 Å². The summed E-state index contributed by atoms with van der Waals surface area (Å²) in [7, 11) is -3.62. The van der Waals surface area contributed by atoms with E-state index in [1.54, 1.807) is 12.1 Å². The third-order valence-electron chi connectivity index (χ3n) is 6.54. The Labute approximate surface area is 204 Å². The van der Waals surface area contributed by atoms with E-state index < -0.39 is 10.0 Å². The van der Waals surface area contributed by atoms with Crippen LogP contribution in [0.2, 0.25) is 0 Å². The van der Waals surface area contributed by atoms with E-state index in [4.69, 9.17) is 9.26 Å². The number of sulfonamides is 1. The zero-order chi connectivity index (χ0) is 24.3. The Morgan fingerprint density at radius 3 is 2.46 bits per heavy atom. The fourth-order valence-corrected chi connectivity index (χ4v) is 5.55. The molecule has 0 bridgehead atoms. The lowest BCUT2D eigenvalue weighted by atomic mass is 9.96. The number of hydrogen-bond donors (Lipinski definition) is 1. The molecule has 10 heteroatoms. The molecule has 2 saturated heterocycles. The average molecular weight is 497 g/mol. The van der Waals surface area contributed by atoms with Crippen LogP contribution in [0.4, 0.5) is 0 Å². The molecule has 2 aliphatic rings. The van der Waals surface area contributed by atoms with Crippen molar-refractivity contribution in [1.29, 1.82) is 0 Å². The van der Waals surface area contributed by atoms with Crippen LogP contribution >= 0.6 is 0 Å². The molecular formula is C25H28N4O5S. The molecule has 184 valence electrons. The smallest absolute Gasteiger partial charge is 0.253 e. The summed E-state index contributed by atoms with van der Waals surface area (Å²) < 4.78 is 38.8. The van der Waals surface area contributed by atoms with Crippen molar-refractivity contribution in [3.05, 3.63) is 66.1 Å². The number of hydrogen-bond acceptors (Lipinski definition) is 7. The lowest BCUT2D eigenvalue weighted by molar-refractivity contribution is 0.0704. The highest BCUT2D eigenvalue weighted by Gasteiger charge is 2.28. The molecule has 1 atom stereocenters. The van der Waals surface area contributed by atoms with Crippen LogP contribution in [0.15, 0.2) is 64.0 Å². The van der Waals surface area contributed by atoms with Gasteiger partial charge in [-0.2, -0.15) is 4.98 Å². The van der Waals surface area contributed by atoms with Crippen molar-refractivity contribution in [2.45, 2.75) is 42.6 Å². The third kappa shape index (κ3) is 5.44. The summed E-state index contributed by atoms with van der Waals surface area (Å²) in [5.41, 5.74) is 1.37. The van der Waals surface area contributed by atoms with Crippen molar-refractivity contribution in [2.24, 2.45) is 0 Å². The Morgan fingerprint density at radius 1 is 1.03 bits per heavy atom. The summed E-state index contributed by atoms with van der Waals surface area (Å²) in [6.07, 6.45) is 3.25. The van der Waals surface area contributed by atoms with Crippen LogP contribution in [-0.2, 0) is 14.8 Å². The number of aromatic nitrogens is 2. The van der Waals surface area contributed by atoms with Crippen molar-refractivity contribution in [3.63, 3.8) is 0 Å². The minimum atomic E-state index is -3.62. The normalized spacial score (nSPS) is 19.2. The molecule has 0 spiro atoms. The van der Waals surface area contributed by atoms with Gasteiger partial charge in [-0.1, -0.05) is 23.4 Å². The quantitative estimate of drug-likeness (QED) is 0.534. The fraction of sp³-hybridized carbons (Fsp3) is 0.400. The van der Waals surface area contributed by atoms with Gasteiger partial charge in [0.1, 0.15) is 0 Å². The highest BCUT2D eigenvalue weighted by atomic mass is 32.2. The number of nitrogens with zero attached hydrogens (tertiary/aromatic N) is 3. The lowest BCUT2D eigenvalue weighted by Crippen LogP contribution is -2.37. The first-order chi connectivity index (χ1) is 17.0. The number of carbonyl (C=O) groups is 1. The molecule has 2 aliphatic heterocycles. The van der Waals surface area contributed by atoms with Gasteiger partial charge in [0, 0.05) is 43.3 Å². The summed E-state index contributed by atoms with van der Waals surface area (Å²) in [4.78, 5) is 19.2. The first-order valence-corrected chi connectivity index (χ1v) is 13.4. The molecule has 0 unspecified atom stereocenters. The van der Waals surface area contributed by atoms with Crippen LogP contribution in [-0.4, -0.2) is 61.7 Å². The van der Waals surface area contributed by atoms with Crippen LogP contribution in [0, 0.1) is 0 Å². The van der Waals surface area contributed by atoms with E-state index in [0.717, 1.165) is 25.7 Å². The van der Waals surface area contributed by atoms with Crippen LogP contribution in [0.25, 0.3) is 11.4 Å². The maximum absolute atomic E-state index is 12.7. The first-order valence-electron chi connectivity index (χ1n) is 11.9. The van der Waals surface area contributed by atoms with Gasteiger partial charge < -0.3 is 14.2 Å². The molecule has 9 nitrogen and oxygen atoms in total.